The first-order chi connectivity index (χ1) is 11.3. The topological polar surface area (TPSA) is 33.2 Å². The number of thiophene rings is 1. The van der Waals surface area contributed by atoms with Gasteiger partial charge >= 0.3 is 0 Å². The molecule has 1 saturated heterocycles. The molecule has 0 unspecified atom stereocenters. The maximum absolute atomic E-state index is 12.6. The van der Waals surface area contributed by atoms with Gasteiger partial charge in [0.15, 0.2) is 0 Å². The van der Waals surface area contributed by atoms with E-state index in [-0.39, 0.29) is 5.91 Å². The van der Waals surface area contributed by atoms with Crippen molar-refractivity contribution in [3.8, 4) is 10.4 Å². The molecule has 0 radical (unpaired) electrons. The van der Waals surface area contributed by atoms with E-state index >= 15 is 0 Å². The molecule has 0 spiro atoms. The molecule has 4 heteroatoms. The first-order valence-corrected chi connectivity index (χ1v) is 8.92. The SMILES string of the molecule is O=C(c1csc(-c2ccc3ncccc3c2)c1)N1CCCCC1. The van der Waals surface area contributed by atoms with Gasteiger partial charge in [0.25, 0.3) is 5.91 Å². The summed E-state index contributed by atoms with van der Waals surface area (Å²) in [6.07, 6.45) is 5.30. The minimum absolute atomic E-state index is 0.176. The van der Waals surface area contributed by atoms with Crippen LogP contribution in [0.1, 0.15) is 29.6 Å². The molecule has 0 N–H and O–H groups in total. The van der Waals surface area contributed by atoms with E-state index in [4.69, 9.17) is 0 Å². The maximum atomic E-state index is 12.6. The van der Waals surface area contributed by atoms with Crippen LogP contribution >= 0.6 is 11.3 Å². The summed E-state index contributed by atoms with van der Waals surface area (Å²) >= 11 is 1.64. The number of fused-ring (bicyclic) bond motifs is 1. The Morgan fingerprint density at radius 2 is 1.96 bits per heavy atom. The number of piperidine rings is 1. The van der Waals surface area contributed by atoms with Crippen LogP contribution in [0.4, 0.5) is 0 Å². The first-order valence-electron chi connectivity index (χ1n) is 8.04. The highest BCUT2D eigenvalue weighted by molar-refractivity contribution is 7.13. The Kier molecular flexibility index (Phi) is 3.83. The van der Waals surface area contributed by atoms with Crippen molar-refractivity contribution in [3.05, 3.63) is 53.5 Å². The summed E-state index contributed by atoms with van der Waals surface area (Å²) in [6, 6.07) is 12.3. The smallest absolute Gasteiger partial charge is 0.254 e. The van der Waals surface area contributed by atoms with E-state index in [0.717, 1.165) is 52.8 Å². The second-order valence-electron chi connectivity index (χ2n) is 5.96. The summed E-state index contributed by atoms with van der Waals surface area (Å²) in [7, 11) is 0. The molecular formula is C19H18N2OS. The molecule has 1 aliphatic rings. The lowest BCUT2D eigenvalue weighted by Gasteiger charge is -2.26. The van der Waals surface area contributed by atoms with Crippen LogP contribution in [0.15, 0.2) is 48.0 Å². The van der Waals surface area contributed by atoms with Gasteiger partial charge in [0.1, 0.15) is 0 Å². The van der Waals surface area contributed by atoms with Crippen molar-refractivity contribution in [2.75, 3.05) is 13.1 Å². The van der Waals surface area contributed by atoms with E-state index in [1.165, 1.54) is 6.42 Å². The molecule has 1 aromatic carbocycles. The van der Waals surface area contributed by atoms with Crippen molar-refractivity contribution in [3.63, 3.8) is 0 Å². The summed E-state index contributed by atoms with van der Waals surface area (Å²) in [5.41, 5.74) is 2.96. The molecule has 116 valence electrons. The molecular weight excluding hydrogens is 304 g/mol. The largest absolute Gasteiger partial charge is 0.339 e. The fourth-order valence-electron chi connectivity index (χ4n) is 3.11. The number of likely N-dealkylation sites (tertiary alicyclic amines) is 1. The molecule has 0 aliphatic carbocycles. The van der Waals surface area contributed by atoms with E-state index < -0.39 is 0 Å². The van der Waals surface area contributed by atoms with Gasteiger partial charge in [0, 0.05) is 34.9 Å². The van der Waals surface area contributed by atoms with Crippen molar-refractivity contribution in [2.45, 2.75) is 19.3 Å². The highest BCUT2D eigenvalue weighted by Gasteiger charge is 2.19. The van der Waals surface area contributed by atoms with Crippen molar-refractivity contribution in [2.24, 2.45) is 0 Å². The first kappa shape index (κ1) is 14.4. The number of carbonyl (C=O) groups is 1. The number of hydrogen-bond donors (Lipinski definition) is 0. The number of carbonyl (C=O) groups excluding carboxylic acids is 1. The second-order valence-corrected chi connectivity index (χ2v) is 6.87. The van der Waals surface area contributed by atoms with Gasteiger partial charge in [-0.1, -0.05) is 12.1 Å². The van der Waals surface area contributed by atoms with Crippen LogP contribution in [0.25, 0.3) is 21.3 Å². The van der Waals surface area contributed by atoms with Gasteiger partial charge in [0.05, 0.1) is 11.1 Å². The normalized spacial score (nSPS) is 15.0. The summed E-state index contributed by atoms with van der Waals surface area (Å²) in [6.45, 7) is 1.79. The summed E-state index contributed by atoms with van der Waals surface area (Å²) in [4.78, 5) is 20.1. The third kappa shape index (κ3) is 2.86. The minimum Gasteiger partial charge on any atom is -0.339 e. The lowest BCUT2D eigenvalue weighted by molar-refractivity contribution is 0.0725. The van der Waals surface area contributed by atoms with Gasteiger partial charge < -0.3 is 4.90 Å². The highest BCUT2D eigenvalue weighted by Crippen LogP contribution is 2.30. The molecule has 3 heterocycles. The molecule has 4 rings (SSSR count). The van der Waals surface area contributed by atoms with Gasteiger partial charge in [0.2, 0.25) is 0 Å². The number of benzene rings is 1. The van der Waals surface area contributed by atoms with E-state index in [0.29, 0.717) is 0 Å². The Morgan fingerprint density at radius 3 is 2.83 bits per heavy atom. The van der Waals surface area contributed by atoms with Crippen LogP contribution in [0.3, 0.4) is 0 Å². The molecule has 0 bridgehead atoms. The molecule has 23 heavy (non-hydrogen) atoms. The standard InChI is InChI=1S/C19H18N2OS/c22-19(21-9-2-1-3-10-21)16-12-18(23-13-16)15-6-7-17-14(11-15)5-4-8-20-17/h4-8,11-13H,1-3,9-10H2. The van der Waals surface area contributed by atoms with Gasteiger partial charge in [-0.2, -0.15) is 0 Å². The Morgan fingerprint density at radius 1 is 1.09 bits per heavy atom. The van der Waals surface area contributed by atoms with E-state index in [1.807, 2.05) is 34.7 Å². The fraction of sp³-hybridized carbons (Fsp3) is 0.263. The Bertz CT molecular complexity index is 849. The molecule has 2 aromatic heterocycles. The fourth-order valence-corrected chi connectivity index (χ4v) is 3.99. The number of hydrogen-bond acceptors (Lipinski definition) is 3. The molecule has 1 fully saturated rings. The third-order valence-corrected chi connectivity index (χ3v) is 5.36. The van der Waals surface area contributed by atoms with Gasteiger partial charge in [-0.3, -0.25) is 9.78 Å². The van der Waals surface area contributed by atoms with E-state index in [9.17, 15) is 4.79 Å². The van der Waals surface area contributed by atoms with Crippen LogP contribution in [0.2, 0.25) is 0 Å². The number of nitrogens with zero attached hydrogens (tertiary/aromatic N) is 2. The molecule has 3 aromatic rings. The quantitative estimate of drug-likeness (QED) is 0.691. The minimum atomic E-state index is 0.176. The summed E-state index contributed by atoms with van der Waals surface area (Å²) in [5, 5.41) is 3.11. The summed E-state index contributed by atoms with van der Waals surface area (Å²) < 4.78 is 0. The maximum Gasteiger partial charge on any atom is 0.254 e. The van der Waals surface area contributed by atoms with Gasteiger partial charge in [-0.25, -0.2) is 0 Å². The zero-order valence-corrected chi connectivity index (χ0v) is 13.7. The predicted octanol–water partition coefficient (Wildman–Crippen LogP) is 4.59. The van der Waals surface area contributed by atoms with Crippen LogP contribution in [-0.4, -0.2) is 28.9 Å². The Hall–Kier alpha value is -2.20. The molecule has 1 amide bonds. The monoisotopic (exact) mass is 322 g/mol. The zero-order chi connectivity index (χ0) is 15.6. The van der Waals surface area contributed by atoms with Crippen LogP contribution in [0, 0.1) is 0 Å². The lowest BCUT2D eigenvalue weighted by Crippen LogP contribution is -2.35. The van der Waals surface area contributed by atoms with E-state index in [1.54, 1.807) is 11.3 Å². The van der Waals surface area contributed by atoms with Crippen molar-refractivity contribution in [1.82, 2.24) is 9.88 Å². The van der Waals surface area contributed by atoms with Crippen LogP contribution in [-0.2, 0) is 0 Å². The van der Waals surface area contributed by atoms with Crippen LogP contribution in [0.5, 0.6) is 0 Å². The average molecular weight is 322 g/mol. The number of amides is 1. The van der Waals surface area contributed by atoms with Gasteiger partial charge in [-0.05, 0) is 49.1 Å². The second kappa shape index (κ2) is 6.13. The van der Waals surface area contributed by atoms with Gasteiger partial charge in [-0.15, -0.1) is 11.3 Å². The number of rotatable bonds is 2. The number of pyridine rings is 1. The van der Waals surface area contributed by atoms with Crippen LogP contribution < -0.4 is 0 Å². The third-order valence-electron chi connectivity index (χ3n) is 4.38. The van der Waals surface area contributed by atoms with Crippen molar-refractivity contribution in [1.29, 1.82) is 0 Å². The van der Waals surface area contributed by atoms with Crippen molar-refractivity contribution < 1.29 is 4.79 Å². The molecule has 0 atom stereocenters. The van der Waals surface area contributed by atoms with Crippen molar-refractivity contribution >= 4 is 28.1 Å². The zero-order valence-electron chi connectivity index (χ0n) is 12.9. The molecule has 0 saturated carbocycles. The average Bonchev–Trinajstić information content (AvgIpc) is 3.11. The highest BCUT2D eigenvalue weighted by atomic mass is 32.1. The van der Waals surface area contributed by atoms with E-state index in [2.05, 4.69) is 23.2 Å². The summed E-state index contributed by atoms with van der Waals surface area (Å²) in [5.74, 6) is 0.176. The number of aromatic nitrogens is 1. The molecule has 3 nitrogen and oxygen atoms in total. The Balaban J connectivity index is 1.62. The lowest BCUT2D eigenvalue weighted by atomic mass is 10.1. The predicted molar refractivity (Wildman–Crippen MR) is 94.8 cm³/mol. The Labute approximate surface area is 139 Å². The molecule has 1 aliphatic heterocycles.